The number of carbonyl (C=O) groups is 1. The quantitative estimate of drug-likeness (QED) is 0.448. The van der Waals surface area contributed by atoms with Crippen LogP contribution < -0.4 is 9.47 Å². The lowest BCUT2D eigenvalue weighted by molar-refractivity contribution is -0.130. The smallest absolute Gasteiger partial charge is 0.242 e. The van der Waals surface area contributed by atoms with Crippen LogP contribution in [0.1, 0.15) is 12.2 Å². The molecule has 0 aliphatic rings. The van der Waals surface area contributed by atoms with Crippen molar-refractivity contribution in [2.75, 3.05) is 41.4 Å². The lowest BCUT2D eigenvalue weighted by Gasteiger charge is -2.17. The van der Waals surface area contributed by atoms with Crippen LogP contribution in [-0.4, -0.2) is 74.5 Å². The Balaban J connectivity index is 1.57. The summed E-state index contributed by atoms with van der Waals surface area (Å²) in [5, 5.41) is 0. The van der Waals surface area contributed by atoms with E-state index in [1.165, 1.54) is 18.4 Å². The van der Waals surface area contributed by atoms with E-state index in [2.05, 4.69) is 4.98 Å². The van der Waals surface area contributed by atoms with Crippen molar-refractivity contribution in [1.29, 1.82) is 0 Å². The van der Waals surface area contributed by atoms with Crippen molar-refractivity contribution in [3.8, 4) is 11.5 Å². The number of likely N-dealkylation sites (N-methyl/N-ethyl adjacent to an activating group) is 1. The maximum absolute atomic E-state index is 12.6. The van der Waals surface area contributed by atoms with Crippen molar-refractivity contribution in [2.45, 2.75) is 17.7 Å². The van der Waals surface area contributed by atoms with Gasteiger partial charge in [0.05, 0.1) is 29.6 Å². The number of carbonyl (C=O) groups excluding carboxylic acids is 1. The summed E-state index contributed by atoms with van der Waals surface area (Å²) in [7, 11) is 4.66. The first-order valence-electron chi connectivity index (χ1n) is 10.5. The summed E-state index contributed by atoms with van der Waals surface area (Å²) in [5.41, 5.74) is 1.40. The molecule has 0 aliphatic carbocycles. The number of nitrogens with zero attached hydrogens (tertiary/aromatic N) is 4. The standard InChI is InChI=1S/C23H30N4O5S/c1-25(2)33(29,30)19-10-11-21-20(16-19)24-22(27(21)4)12-13-23(28)26(3)14-15-32-18-8-6-17(31-5)7-9-18/h6-11,16H,12-15H2,1-5H3. The number of amides is 1. The van der Waals surface area contributed by atoms with Crippen molar-refractivity contribution in [3.05, 3.63) is 48.3 Å². The molecule has 0 saturated carbocycles. The predicted molar refractivity (Wildman–Crippen MR) is 126 cm³/mol. The highest BCUT2D eigenvalue weighted by Gasteiger charge is 2.19. The van der Waals surface area contributed by atoms with E-state index in [0.29, 0.717) is 37.3 Å². The highest BCUT2D eigenvalue weighted by atomic mass is 32.2. The van der Waals surface area contributed by atoms with Gasteiger partial charge in [-0.25, -0.2) is 17.7 Å². The molecule has 0 radical (unpaired) electrons. The summed E-state index contributed by atoms with van der Waals surface area (Å²) in [6.45, 7) is 0.836. The topological polar surface area (TPSA) is 94.0 Å². The minimum atomic E-state index is -3.54. The van der Waals surface area contributed by atoms with Gasteiger partial charge in [-0.2, -0.15) is 0 Å². The fourth-order valence-corrected chi connectivity index (χ4v) is 4.25. The van der Waals surface area contributed by atoms with E-state index < -0.39 is 10.0 Å². The molecule has 3 aromatic rings. The molecule has 1 aromatic heterocycles. The first kappa shape index (κ1) is 24.5. The minimum absolute atomic E-state index is 0.0174. The van der Waals surface area contributed by atoms with Crippen LogP contribution in [0, 0.1) is 0 Å². The summed E-state index contributed by atoms with van der Waals surface area (Å²) in [4.78, 5) is 19.0. The van der Waals surface area contributed by atoms with E-state index in [-0.39, 0.29) is 10.8 Å². The van der Waals surface area contributed by atoms with Crippen LogP contribution in [0.15, 0.2) is 47.4 Å². The number of sulfonamides is 1. The predicted octanol–water partition coefficient (Wildman–Crippen LogP) is 2.30. The molecule has 0 N–H and O–H groups in total. The van der Waals surface area contributed by atoms with Gasteiger partial charge < -0.3 is 18.9 Å². The van der Waals surface area contributed by atoms with E-state index in [4.69, 9.17) is 9.47 Å². The molecule has 0 fully saturated rings. The largest absolute Gasteiger partial charge is 0.497 e. The third kappa shape index (κ3) is 5.63. The fraction of sp³-hybridized carbons (Fsp3) is 0.391. The number of hydrogen-bond donors (Lipinski definition) is 0. The van der Waals surface area contributed by atoms with Crippen molar-refractivity contribution >= 4 is 27.0 Å². The molecule has 1 heterocycles. The summed E-state index contributed by atoms with van der Waals surface area (Å²) < 4.78 is 38.6. The Hall–Kier alpha value is -3.11. The molecular formula is C23H30N4O5S. The van der Waals surface area contributed by atoms with Gasteiger partial charge in [0.15, 0.2) is 0 Å². The van der Waals surface area contributed by atoms with Gasteiger partial charge in [-0.1, -0.05) is 0 Å². The zero-order valence-corrected chi connectivity index (χ0v) is 20.4. The minimum Gasteiger partial charge on any atom is -0.497 e. The van der Waals surface area contributed by atoms with E-state index in [9.17, 15) is 13.2 Å². The monoisotopic (exact) mass is 474 g/mol. The molecule has 0 unspecified atom stereocenters. The molecule has 0 bridgehead atoms. The van der Waals surface area contributed by atoms with Gasteiger partial charge >= 0.3 is 0 Å². The number of rotatable bonds is 10. The van der Waals surface area contributed by atoms with E-state index in [1.54, 1.807) is 37.3 Å². The molecule has 2 aromatic carbocycles. The Kier molecular flexibility index (Phi) is 7.60. The first-order chi connectivity index (χ1) is 15.6. The summed E-state index contributed by atoms with van der Waals surface area (Å²) in [6, 6.07) is 12.2. The van der Waals surface area contributed by atoms with Gasteiger partial charge in [0.25, 0.3) is 0 Å². The molecule has 33 heavy (non-hydrogen) atoms. The third-order valence-electron chi connectivity index (χ3n) is 5.47. The second kappa shape index (κ2) is 10.2. The normalized spacial score (nSPS) is 11.7. The van der Waals surface area contributed by atoms with Crippen LogP contribution in [0.3, 0.4) is 0 Å². The highest BCUT2D eigenvalue weighted by molar-refractivity contribution is 7.89. The number of benzene rings is 2. The lowest BCUT2D eigenvalue weighted by Crippen LogP contribution is -2.31. The lowest BCUT2D eigenvalue weighted by atomic mass is 10.2. The van der Waals surface area contributed by atoms with Crippen LogP contribution in [-0.2, 0) is 28.3 Å². The number of ether oxygens (including phenoxy) is 2. The van der Waals surface area contributed by atoms with Crippen molar-refractivity contribution < 1.29 is 22.7 Å². The highest BCUT2D eigenvalue weighted by Crippen LogP contribution is 2.22. The summed E-state index contributed by atoms with van der Waals surface area (Å²) in [6.07, 6.45) is 0.739. The molecule has 9 nitrogen and oxygen atoms in total. The maximum atomic E-state index is 12.6. The average Bonchev–Trinajstić information content (AvgIpc) is 3.12. The molecule has 1 amide bonds. The van der Waals surface area contributed by atoms with Crippen molar-refractivity contribution in [2.24, 2.45) is 7.05 Å². The first-order valence-corrected chi connectivity index (χ1v) is 12.0. The number of aryl methyl sites for hydroxylation is 2. The summed E-state index contributed by atoms with van der Waals surface area (Å²) >= 11 is 0. The number of fused-ring (bicyclic) bond motifs is 1. The third-order valence-corrected chi connectivity index (χ3v) is 7.28. The number of hydrogen-bond acceptors (Lipinski definition) is 6. The van der Waals surface area contributed by atoms with Crippen LogP contribution >= 0.6 is 0 Å². The molecule has 0 spiro atoms. The second-order valence-corrected chi connectivity index (χ2v) is 10.0. The van der Waals surface area contributed by atoms with Crippen LogP contribution in [0.5, 0.6) is 11.5 Å². The number of aromatic nitrogens is 2. The van der Waals surface area contributed by atoms with Gasteiger partial charge in [0, 0.05) is 41.0 Å². The van der Waals surface area contributed by atoms with Crippen LogP contribution in [0.2, 0.25) is 0 Å². The SMILES string of the molecule is COc1ccc(OCCN(C)C(=O)CCc2nc3cc(S(=O)(=O)N(C)C)ccc3n2C)cc1. The zero-order valence-electron chi connectivity index (χ0n) is 19.6. The van der Waals surface area contributed by atoms with Gasteiger partial charge in [-0.05, 0) is 42.5 Å². The van der Waals surface area contributed by atoms with Gasteiger partial charge in [-0.15, -0.1) is 0 Å². The Morgan fingerprint density at radius 1 is 1.06 bits per heavy atom. The van der Waals surface area contributed by atoms with Crippen LogP contribution in [0.25, 0.3) is 11.0 Å². The molecule has 0 atom stereocenters. The van der Waals surface area contributed by atoms with E-state index in [1.807, 2.05) is 35.9 Å². The molecular weight excluding hydrogens is 444 g/mol. The Morgan fingerprint density at radius 3 is 2.36 bits per heavy atom. The number of imidazole rings is 1. The second-order valence-electron chi connectivity index (χ2n) is 7.86. The van der Waals surface area contributed by atoms with Gasteiger partial charge in [-0.3, -0.25) is 4.79 Å². The van der Waals surface area contributed by atoms with E-state index in [0.717, 1.165) is 17.1 Å². The number of methoxy groups -OCH3 is 1. The van der Waals surface area contributed by atoms with Gasteiger partial charge in [0.1, 0.15) is 23.9 Å². The Bertz CT molecular complexity index is 1220. The molecule has 10 heteroatoms. The Morgan fingerprint density at radius 2 is 1.73 bits per heavy atom. The van der Waals surface area contributed by atoms with Crippen LogP contribution in [0.4, 0.5) is 0 Å². The average molecular weight is 475 g/mol. The fourth-order valence-electron chi connectivity index (χ4n) is 3.33. The zero-order chi connectivity index (χ0) is 24.2. The maximum Gasteiger partial charge on any atom is 0.242 e. The van der Waals surface area contributed by atoms with Gasteiger partial charge in [0.2, 0.25) is 15.9 Å². The molecule has 0 saturated heterocycles. The molecule has 0 aliphatic heterocycles. The Labute approximate surface area is 194 Å². The summed E-state index contributed by atoms with van der Waals surface area (Å²) in [5.74, 6) is 2.18. The molecule has 178 valence electrons. The van der Waals surface area contributed by atoms with Crippen molar-refractivity contribution in [3.63, 3.8) is 0 Å². The van der Waals surface area contributed by atoms with E-state index >= 15 is 0 Å². The van der Waals surface area contributed by atoms with Crippen molar-refractivity contribution in [1.82, 2.24) is 18.8 Å². The molecule has 3 rings (SSSR count).